The van der Waals surface area contributed by atoms with E-state index in [1.807, 2.05) is 0 Å². The zero-order valence-corrected chi connectivity index (χ0v) is 10.1. The van der Waals surface area contributed by atoms with Crippen molar-refractivity contribution >= 4 is 22.9 Å². The number of aromatic nitrogens is 3. The van der Waals surface area contributed by atoms with Crippen molar-refractivity contribution in [3.63, 3.8) is 0 Å². The van der Waals surface area contributed by atoms with Crippen LogP contribution in [0.4, 0.5) is 5.95 Å². The number of fused-ring (bicyclic) bond motifs is 1. The summed E-state index contributed by atoms with van der Waals surface area (Å²) in [6, 6.07) is 0. The Morgan fingerprint density at radius 3 is 2.89 bits per heavy atom. The number of rotatable bonds is 4. The van der Waals surface area contributed by atoms with Crippen molar-refractivity contribution in [2.24, 2.45) is 5.73 Å². The second-order valence-corrected chi connectivity index (χ2v) is 3.96. The molecule has 0 aliphatic rings. The number of carbonyl (C=O) groups excluding carboxylic acids is 1. The molecule has 6 N–H and O–H groups in total. The number of aromatic amines is 2. The van der Waals surface area contributed by atoms with E-state index in [2.05, 4.69) is 21.5 Å². The van der Waals surface area contributed by atoms with Crippen LogP contribution in [0, 0.1) is 0 Å². The highest BCUT2D eigenvalue weighted by atomic mass is 16.1. The topological polar surface area (TPSA) is 131 Å². The number of amides is 1. The third-order valence-corrected chi connectivity index (χ3v) is 2.66. The summed E-state index contributed by atoms with van der Waals surface area (Å²) in [7, 11) is 0. The minimum absolute atomic E-state index is 0.0302. The van der Waals surface area contributed by atoms with Crippen molar-refractivity contribution in [1.29, 1.82) is 0 Å². The molecule has 2 rings (SSSR count). The molecule has 2 aromatic rings. The van der Waals surface area contributed by atoms with Crippen LogP contribution >= 0.6 is 0 Å². The number of H-pyrrole nitrogens is 2. The number of nitrogens with zero attached hydrogens (tertiary/aromatic N) is 1. The first-order chi connectivity index (χ1) is 9.02. The molecule has 0 fully saturated rings. The van der Waals surface area contributed by atoms with Crippen molar-refractivity contribution < 1.29 is 4.79 Å². The van der Waals surface area contributed by atoms with Crippen molar-refractivity contribution in [2.75, 3.05) is 5.73 Å². The van der Waals surface area contributed by atoms with Gasteiger partial charge in [-0.3, -0.25) is 14.6 Å². The molecule has 7 heteroatoms. The molecule has 0 bridgehead atoms. The summed E-state index contributed by atoms with van der Waals surface area (Å²) < 4.78 is 0. The Bertz CT molecular complexity index is 738. The van der Waals surface area contributed by atoms with Gasteiger partial charge in [-0.05, 0) is 5.56 Å². The van der Waals surface area contributed by atoms with E-state index in [0.29, 0.717) is 22.2 Å². The first-order valence-electron chi connectivity index (χ1n) is 5.50. The SMILES string of the molecule is C=C/C=C(\Cc1c[nH]c2nc(N)[nH]c(=O)c12)C(N)=O. The van der Waals surface area contributed by atoms with Gasteiger partial charge in [-0.25, -0.2) is 0 Å². The van der Waals surface area contributed by atoms with Crippen LogP contribution in [0.5, 0.6) is 0 Å². The molecule has 1 amide bonds. The molecule has 0 spiro atoms. The minimum Gasteiger partial charge on any atom is -0.369 e. The summed E-state index contributed by atoms with van der Waals surface area (Å²) in [6.45, 7) is 3.51. The predicted octanol–water partition coefficient (Wildman–Crippen LogP) is -0.0264. The third-order valence-electron chi connectivity index (χ3n) is 2.66. The molecule has 0 aliphatic carbocycles. The van der Waals surface area contributed by atoms with E-state index in [0.717, 1.165) is 0 Å². The van der Waals surface area contributed by atoms with Gasteiger partial charge in [0.2, 0.25) is 11.9 Å². The average molecular weight is 259 g/mol. The van der Waals surface area contributed by atoms with Crippen LogP contribution in [0.25, 0.3) is 11.0 Å². The molecule has 0 aliphatic heterocycles. The first-order valence-corrected chi connectivity index (χ1v) is 5.50. The van der Waals surface area contributed by atoms with Gasteiger partial charge in [-0.1, -0.05) is 18.7 Å². The van der Waals surface area contributed by atoms with E-state index in [-0.39, 0.29) is 17.9 Å². The lowest BCUT2D eigenvalue weighted by Crippen LogP contribution is -2.16. The van der Waals surface area contributed by atoms with E-state index in [9.17, 15) is 9.59 Å². The number of nitrogens with two attached hydrogens (primary N) is 2. The van der Waals surface area contributed by atoms with Crippen LogP contribution in [0.3, 0.4) is 0 Å². The molecule has 0 aromatic carbocycles. The maximum absolute atomic E-state index is 11.8. The summed E-state index contributed by atoms with van der Waals surface area (Å²) in [6.07, 6.45) is 4.80. The van der Waals surface area contributed by atoms with E-state index in [4.69, 9.17) is 11.5 Å². The molecule has 0 saturated carbocycles. The van der Waals surface area contributed by atoms with Crippen molar-refractivity contribution in [1.82, 2.24) is 15.0 Å². The van der Waals surface area contributed by atoms with Crippen molar-refractivity contribution in [3.8, 4) is 0 Å². The number of primary amides is 1. The van der Waals surface area contributed by atoms with Crippen LogP contribution in [-0.4, -0.2) is 20.9 Å². The average Bonchev–Trinajstić information content (AvgIpc) is 2.71. The standard InChI is InChI=1S/C12H13N5O2/c1-2-3-6(9(13)18)4-7-5-15-10-8(7)11(19)17-12(14)16-10/h2-3,5H,1,4H2,(H2,13,18)(H4,14,15,16,17,19)/b6-3+. The van der Waals surface area contributed by atoms with Gasteiger partial charge in [0.1, 0.15) is 5.65 Å². The Labute approximate surface area is 108 Å². The van der Waals surface area contributed by atoms with Crippen molar-refractivity contribution in [3.05, 3.63) is 46.4 Å². The van der Waals surface area contributed by atoms with Gasteiger partial charge in [0.05, 0.1) is 5.39 Å². The Morgan fingerprint density at radius 2 is 2.26 bits per heavy atom. The van der Waals surface area contributed by atoms with Gasteiger partial charge in [0.15, 0.2) is 0 Å². The fraction of sp³-hybridized carbons (Fsp3) is 0.0833. The molecule has 2 aromatic heterocycles. The highest BCUT2D eigenvalue weighted by Crippen LogP contribution is 2.16. The van der Waals surface area contributed by atoms with Gasteiger partial charge in [0, 0.05) is 18.2 Å². The molecule has 0 radical (unpaired) electrons. The number of carbonyl (C=O) groups is 1. The summed E-state index contributed by atoms with van der Waals surface area (Å²) >= 11 is 0. The fourth-order valence-corrected chi connectivity index (χ4v) is 1.84. The summed E-state index contributed by atoms with van der Waals surface area (Å²) in [5, 5.41) is 0.366. The normalized spacial score (nSPS) is 11.7. The van der Waals surface area contributed by atoms with Crippen LogP contribution in [-0.2, 0) is 11.2 Å². The Hall–Kier alpha value is -2.83. The maximum atomic E-state index is 11.8. The van der Waals surface area contributed by atoms with Crippen LogP contribution in [0.15, 0.2) is 35.3 Å². The monoisotopic (exact) mass is 259 g/mol. The molecule has 19 heavy (non-hydrogen) atoms. The third kappa shape index (κ3) is 2.39. The molecule has 2 heterocycles. The van der Waals surface area contributed by atoms with E-state index < -0.39 is 5.91 Å². The predicted molar refractivity (Wildman–Crippen MR) is 72.3 cm³/mol. The highest BCUT2D eigenvalue weighted by Gasteiger charge is 2.13. The van der Waals surface area contributed by atoms with E-state index in [1.54, 1.807) is 6.20 Å². The fourth-order valence-electron chi connectivity index (χ4n) is 1.84. The van der Waals surface area contributed by atoms with Gasteiger partial charge < -0.3 is 16.5 Å². The zero-order valence-electron chi connectivity index (χ0n) is 10.1. The quantitative estimate of drug-likeness (QED) is 0.453. The molecular formula is C12H13N5O2. The highest BCUT2D eigenvalue weighted by molar-refractivity contribution is 5.93. The number of hydrogen-bond acceptors (Lipinski definition) is 4. The maximum Gasteiger partial charge on any atom is 0.262 e. The number of allylic oxidation sites excluding steroid dienone is 2. The van der Waals surface area contributed by atoms with Gasteiger partial charge in [-0.15, -0.1) is 0 Å². The molecular weight excluding hydrogens is 246 g/mol. The van der Waals surface area contributed by atoms with Gasteiger partial charge in [0.25, 0.3) is 5.56 Å². The number of hydrogen-bond donors (Lipinski definition) is 4. The van der Waals surface area contributed by atoms with Gasteiger partial charge >= 0.3 is 0 Å². The lowest BCUT2D eigenvalue weighted by atomic mass is 10.0. The largest absolute Gasteiger partial charge is 0.369 e. The summed E-state index contributed by atoms with van der Waals surface area (Å²) in [5.41, 5.74) is 11.7. The summed E-state index contributed by atoms with van der Waals surface area (Å²) in [4.78, 5) is 32.3. The van der Waals surface area contributed by atoms with Gasteiger partial charge in [-0.2, -0.15) is 4.98 Å². The van der Waals surface area contributed by atoms with Crippen LogP contribution < -0.4 is 17.0 Å². The Balaban J connectivity index is 2.53. The molecule has 7 nitrogen and oxygen atoms in total. The lowest BCUT2D eigenvalue weighted by molar-refractivity contribution is -0.114. The second-order valence-electron chi connectivity index (χ2n) is 3.96. The molecule has 0 atom stereocenters. The number of nitrogens with one attached hydrogen (secondary N) is 2. The Kier molecular flexibility index (Phi) is 3.19. The van der Waals surface area contributed by atoms with E-state index >= 15 is 0 Å². The second kappa shape index (κ2) is 4.81. The molecule has 98 valence electrons. The first kappa shape index (κ1) is 12.6. The van der Waals surface area contributed by atoms with E-state index in [1.165, 1.54) is 12.2 Å². The zero-order chi connectivity index (χ0) is 14.0. The Morgan fingerprint density at radius 1 is 1.53 bits per heavy atom. The summed E-state index contributed by atoms with van der Waals surface area (Å²) in [5.74, 6) is -0.531. The molecule has 0 unspecified atom stereocenters. The van der Waals surface area contributed by atoms with Crippen molar-refractivity contribution in [2.45, 2.75) is 6.42 Å². The van der Waals surface area contributed by atoms with Crippen LogP contribution in [0.2, 0.25) is 0 Å². The number of anilines is 1. The minimum atomic E-state index is -0.561. The smallest absolute Gasteiger partial charge is 0.262 e. The lowest BCUT2D eigenvalue weighted by Gasteiger charge is -2.01. The molecule has 0 saturated heterocycles. The number of nitrogen functional groups attached to an aromatic ring is 1. The van der Waals surface area contributed by atoms with Crippen LogP contribution in [0.1, 0.15) is 5.56 Å².